The zero-order chi connectivity index (χ0) is 6.69. The molecule has 0 nitrogen and oxygen atoms in total. The third kappa shape index (κ3) is 2.01. The van der Waals surface area contributed by atoms with Gasteiger partial charge in [-0.3, -0.25) is 0 Å². The van der Waals surface area contributed by atoms with Crippen LogP contribution in [0.4, 0.5) is 0 Å². The van der Waals surface area contributed by atoms with Gasteiger partial charge in [-0.2, -0.15) is 12.3 Å². The van der Waals surface area contributed by atoms with Crippen molar-refractivity contribution in [3.05, 3.63) is 6.42 Å². The second kappa shape index (κ2) is 4.08. The number of rotatable bonds is 0. The van der Waals surface area contributed by atoms with Crippen LogP contribution in [0.25, 0.3) is 0 Å². The van der Waals surface area contributed by atoms with Crippen LogP contribution in [0.2, 0.25) is 0 Å². The molecule has 2 fully saturated rings. The van der Waals surface area contributed by atoms with Crippen molar-refractivity contribution in [1.29, 1.82) is 0 Å². The topological polar surface area (TPSA) is 0 Å². The van der Waals surface area contributed by atoms with Gasteiger partial charge < -0.3 is 6.42 Å². The Kier molecular flexibility index (Phi) is 3.72. The van der Waals surface area contributed by atoms with Crippen LogP contribution in [0.15, 0.2) is 0 Å². The van der Waals surface area contributed by atoms with Crippen LogP contribution in [0, 0.1) is 18.3 Å². The molecule has 0 heterocycles. The molecule has 2 rings (SSSR count). The Labute approximate surface area is 73.8 Å². The first-order valence-corrected chi connectivity index (χ1v) is 10.5. The molecule has 0 aromatic rings. The summed E-state index contributed by atoms with van der Waals surface area (Å²) in [5, 5.41) is 0. The van der Waals surface area contributed by atoms with Gasteiger partial charge in [0.2, 0.25) is 0 Å². The Morgan fingerprint density at radius 2 is 2.11 bits per heavy atom. The Morgan fingerprint density at radius 1 is 1.33 bits per heavy atom. The summed E-state index contributed by atoms with van der Waals surface area (Å²) < 4.78 is 0. The Morgan fingerprint density at radius 3 is 2.22 bits per heavy atom. The maximum atomic E-state index is 3.06. The van der Waals surface area contributed by atoms with E-state index in [-0.39, 0.29) is 0 Å². The third-order valence-corrected chi connectivity index (χ3v) is 2.38. The van der Waals surface area contributed by atoms with E-state index < -0.39 is 0 Å². The fourth-order valence-corrected chi connectivity index (χ4v) is 1.93. The average molecular weight is 240 g/mol. The summed E-state index contributed by atoms with van der Waals surface area (Å²) in [6.07, 6.45) is 8.50. The number of hydrogen-bond donors (Lipinski definition) is 0. The van der Waals surface area contributed by atoms with Crippen LogP contribution in [0.1, 0.15) is 25.7 Å². The second-order valence-corrected chi connectivity index (χ2v) is 2.91. The van der Waals surface area contributed by atoms with Gasteiger partial charge in [-0.15, -0.1) is 0 Å². The SMILES string of the molecule is [CH-]1C[C@@H]2CC[C@H]1C2.[Zn+][Br]. The molecule has 2 aliphatic rings. The van der Waals surface area contributed by atoms with Gasteiger partial charge in [-0.05, 0) is 0 Å². The molecular weight excluding hydrogens is 229 g/mol. The molecule has 2 aliphatic carbocycles. The van der Waals surface area contributed by atoms with Gasteiger partial charge >= 0.3 is 30.0 Å². The number of halogens is 1. The van der Waals surface area contributed by atoms with Gasteiger partial charge in [0, 0.05) is 0 Å². The van der Waals surface area contributed by atoms with Gasteiger partial charge in [0.25, 0.3) is 0 Å². The summed E-state index contributed by atoms with van der Waals surface area (Å²) in [5.41, 5.74) is 0. The monoisotopic (exact) mass is 238 g/mol. The Balaban J connectivity index is 0.000000186. The summed E-state index contributed by atoms with van der Waals surface area (Å²) >= 11 is 4.25. The predicted molar refractivity (Wildman–Crippen MR) is 38.7 cm³/mol. The van der Waals surface area contributed by atoms with Crippen molar-refractivity contribution < 1.29 is 16.3 Å². The Hall–Kier alpha value is 1.10. The summed E-state index contributed by atoms with van der Waals surface area (Å²) in [4.78, 5) is 0. The van der Waals surface area contributed by atoms with E-state index in [2.05, 4.69) is 20.0 Å². The fraction of sp³-hybridized carbons (Fsp3) is 0.857. The molecule has 0 unspecified atom stereocenters. The minimum absolute atomic E-state index is 1.05. The van der Waals surface area contributed by atoms with Crippen LogP contribution >= 0.6 is 13.6 Å². The summed E-state index contributed by atoms with van der Waals surface area (Å²) in [6.45, 7) is 0. The molecule has 9 heavy (non-hydrogen) atoms. The van der Waals surface area contributed by atoms with Crippen molar-refractivity contribution in [3.63, 3.8) is 0 Å². The quantitative estimate of drug-likeness (QED) is 0.451. The zero-order valence-corrected chi connectivity index (χ0v) is 10.2. The maximum absolute atomic E-state index is 3.06. The van der Waals surface area contributed by atoms with Gasteiger partial charge in [0.1, 0.15) is 0 Å². The zero-order valence-electron chi connectivity index (χ0n) is 5.65. The molecule has 0 saturated heterocycles. The third-order valence-electron chi connectivity index (χ3n) is 2.38. The van der Waals surface area contributed by atoms with E-state index in [0.717, 1.165) is 11.8 Å². The van der Waals surface area contributed by atoms with E-state index >= 15 is 0 Å². The molecule has 0 radical (unpaired) electrons. The molecule has 2 atom stereocenters. The van der Waals surface area contributed by atoms with Crippen molar-refractivity contribution in [1.82, 2.24) is 0 Å². The molecule has 2 saturated carbocycles. The summed E-state index contributed by atoms with van der Waals surface area (Å²) in [5.74, 6) is 2.16. The van der Waals surface area contributed by atoms with E-state index in [1.54, 1.807) is 0 Å². The van der Waals surface area contributed by atoms with Gasteiger partial charge in [-0.25, -0.2) is 0 Å². The standard InChI is InChI=1S/C7H11.BrH.Zn/c1-2-7-4-3-6(1)5-7;;/h1,6-7H,2-5H2;1H;/q-1;;+2/p-1/t6-,7+;;/m0../s1. The number of fused-ring (bicyclic) bond motifs is 2. The van der Waals surface area contributed by atoms with Crippen molar-refractivity contribution in [2.45, 2.75) is 25.7 Å². The van der Waals surface area contributed by atoms with Crippen LogP contribution < -0.4 is 0 Å². The first-order valence-electron chi connectivity index (χ1n) is 3.55. The molecule has 0 amide bonds. The van der Waals surface area contributed by atoms with Crippen LogP contribution in [-0.2, 0) is 16.3 Å². The van der Waals surface area contributed by atoms with Crippen LogP contribution in [0.3, 0.4) is 0 Å². The predicted octanol–water partition coefficient (Wildman–Crippen LogP) is 2.85. The molecule has 48 valence electrons. The van der Waals surface area contributed by atoms with E-state index in [1.807, 2.05) is 0 Å². The number of hydrogen-bond acceptors (Lipinski definition) is 0. The van der Waals surface area contributed by atoms with E-state index in [1.165, 1.54) is 42.0 Å². The molecule has 2 bridgehead atoms. The van der Waals surface area contributed by atoms with Crippen molar-refractivity contribution in [2.24, 2.45) is 11.8 Å². The Bertz CT molecular complexity index is 67.0. The van der Waals surface area contributed by atoms with E-state index in [9.17, 15) is 0 Å². The van der Waals surface area contributed by atoms with Crippen molar-refractivity contribution in [3.8, 4) is 0 Å². The molecule has 2 heteroatoms. The summed E-state index contributed by atoms with van der Waals surface area (Å²) in [7, 11) is 0. The van der Waals surface area contributed by atoms with Gasteiger partial charge in [0.15, 0.2) is 0 Å². The van der Waals surface area contributed by atoms with Crippen LogP contribution in [0.5, 0.6) is 0 Å². The summed E-state index contributed by atoms with van der Waals surface area (Å²) in [6, 6.07) is 0. The second-order valence-electron chi connectivity index (χ2n) is 2.91. The molecule has 0 aliphatic heterocycles. The molecule has 0 aromatic carbocycles. The van der Waals surface area contributed by atoms with Gasteiger partial charge in [0.05, 0.1) is 0 Å². The fourth-order valence-electron chi connectivity index (χ4n) is 1.93. The van der Waals surface area contributed by atoms with Crippen molar-refractivity contribution >= 4 is 13.6 Å². The van der Waals surface area contributed by atoms with E-state index in [4.69, 9.17) is 0 Å². The normalized spacial score (nSPS) is 38.1. The average Bonchev–Trinajstić information content (AvgIpc) is 2.53. The molecule has 0 spiro atoms. The van der Waals surface area contributed by atoms with Crippen LogP contribution in [-0.4, -0.2) is 0 Å². The van der Waals surface area contributed by atoms with E-state index in [0.29, 0.717) is 0 Å². The first-order chi connectivity index (χ1) is 4.45. The minimum atomic E-state index is 1.05. The molecule has 0 aromatic heterocycles. The van der Waals surface area contributed by atoms with Crippen molar-refractivity contribution in [2.75, 3.05) is 0 Å². The van der Waals surface area contributed by atoms with Gasteiger partial charge in [-0.1, -0.05) is 25.2 Å². The molecular formula is C7H11BrZn. The first kappa shape index (κ1) is 8.20. The molecule has 0 N–H and O–H groups in total.